The minimum atomic E-state index is -3.84. The number of rotatable bonds is 1. The summed E-state index contributed by atoms with van der Waals surface area (Å²) >= 11 is 0. The summed E-state index contributed by atoms with van der Waals surface area (Å²) in [4.78, 5) is 16.0. The van der Waals surface area contributed by atoms with Crippen molar-refractivity contribution in [2.45, 2.75) is 11.8 Å². The molecule has 2 rings (SSSR count). The third kappa shape index (κ3) is 2.05. The fourth-order valence-electron chi connectivity index (χ4n) is 1.51. The average molecular weight is 273 g/mol. The molecule has 0 aliphatic carbocycles. The zero-order valence-corrected chi connectivity index (χ0v) is 10.7. The molecule has 17 heavy (non-hydrogen) atoms. The second kappa shape index (κ2) is 3.82. The smallest absolute Gasteiger partial charge is 0.261 e. The number of hydrogen-bond donors (Lipinski definition) is 0. The van der Waals surface area contributed by atoms with Crippen LogP contribution in [0.25, 0.3) is 10.9 Å². The van der Waals surface area contributed by atoms with Crippen LogP contribution < -0.4 is 5.56 Å². The van der Waals surface area contributed by atoms with Gasteiger partial charge in [0.15, 0.2) is 0 Å². The van der Waals surface area contributed by atoms with Crippen molar-refractivity contribution < 1.29 is 8.42 Å². The van der Waals surface area contributed by atoms with Crippen LogP contribution in [0.4, 0.5) is 0 Å². The predicted octanol–water partition coefficient (Wildman–Crippen LogP) is 1.17. The highest BCUT2D eigenvalue weighted by atomic mass is 35.7. The van der Waals surface area contributed by atoms with Crippen LogP contribution >= 0.6 is 10.7 Å². The fourth-order valence-corrected chi connectivity index (χ4v) is 2.29. The Morgan fingerprint density at radius 2 is 2.00 bits per heavy atom. The van der Waals surface area contributed by atoms with E-state index in [9.17, 15) is 13.2 Å². The summed E-state index contributed by atoms with van der Waals surface area (Å²) in [6.07, 6.45) is 0. The maximum atomic E-state index is 11.9. The van der Waals surface area contributed by atoms with Crippen LogP contribution in [0, 0.1) is 6.92 Å². The molecule has 0 amide bonds. The van der Waals surface area contributed by atoms with Crippen molar-refractivity contribution in [1.29, 1.82) is 0 Å². The number of aromatic nitrogens is 2. The first-order chi connectivity index (χ1) is 7.80. The summed E-state index contributed by atoms with van der Waals surface area (Å²) in [5.41, 5.74) is 0.157. The topological polar surface area (TPSA) is 69.0 Å². The lowest BCUT2D eigenvalue weighted by Crippen LogP contribution is -2.20. The van der Waals surface area contributed by atoms with Gasteiger partial charge in [0.05, 0.1) is 15.8 Å². The van der Waals surface area contributed by atoms with Crippen LogP contribution in [0.2, 0.25) is 0 Å². The molecule has 1 heterocycles. The van der Waals surface area contributed by atoms with Gasteiger partial charge in [-0.3, -0.25) is 9.36 Å². The lowest BCUT2D eigenvalue weighted by Gasteiger charge is -2.05. The van der Waals surface area contributed by atoms with E-state index in [2.05, 4.69) is 4.98 Å². The van der Waals surface area contributed by atoms with E-state index in [-0.39, 0.29) is 15.8 Å². The molecule has 0 aliphatic heterocycles. The maximum absolute atomic E-state index is 11.9. The standard InChI is InChI=1S/C10H9ClN2O3S/c1-6-12-9-4-3-7(17(11,15)16)5-8(9)10(14)13(6)2/h3-5H,1-2H3. The van der Waals surface area contributed by atoms with Gasteiger partial charge in [-0.25, -0.2) is 13.4 Å². The zero-order chi connectivity index (χ0) is 12.8. The molecule has 0 spiro atoms. The molecule has 0 unspecified atom stereocenters. The Balaban J connectivity index is 2.92. The second-order valence-corrected chi connectivity index (χ2v) is 6.21. The summed E-state index contributed by atoms with van der Waals surface area (Å²) in [6.45, 7) is 1.70. The Morgan fingerprint density at radius 3 is 2.59 bits per heavy atom. The molecule has 0 N–H and O–H groups in total. The number of aryl methyl sites for hydroxylation is 1. The van der Waals surface area contributed by atoms with Crippen molar-refractivity contribution in [3.05, 3.63) is 34.4 Å². The van der Waals surface area contributed by atoms with E-state index in [1.165, 1.54) is 22.8 Å². The van der Waals surface area contributed by atoms with Crippen LogP contribution in [0.5, 0.6) is 0 Å². The monoisotopic (exact) mass is 272 g/mol. The Morgan fingerprint density at radius 1 is 1.35 bits per heavy atom. The molecule has 7 heteroatoms. The number of halogens is 1. The van der Waals surface area contributed by atoms with Crippen molar-refractivity contribution in [3.63, 3.8) is 0 Å². The molecule has 90 valence electrons. The van der Waals surface area contributed by atoms with E-state index in [4.69, 9.17) is 10.7 Å². The highest BCUT2D eigenvalue weighted by Crippen LogP contribution is 2.18. The van der Waals surface area contributed by atoms with Crippen LogP contribution in [0.3, 0.4) is 0 Å². The molecule has 1 aromatic heterocycles. The van der Waals surface area contributed by atoms with Gasteiger partial charge in [0, 0.05) is 17.7 Å². The SMILES string of the molecule is Cc1nc2ccc(S(=O)(=O)Cl)cc2c(=O)n1C. The van der Waals surface area contributed by atoms with Gasteiger partial charge in [-0.05, 0) is 25.1 Å². The minimum Gasteiger partial charge on any atom is -0.299 e. The summed E-state index contributed by atoms with van der Waals surface area (Å²) < 4.78 is 23.7. The molecule has 0 saturated carbocycles. The van der Waals surface area contributed by atoms with E-state index in [0.717, 1.165) is 0 Å². The molecule has 1 aromatic carbocycles. The summed E-state index contributed by atoms with van der Waals surface area (Å²) in [6, 6.07) is 4.04. The van der Waals surface area contributed by atoms with Gasteiger partial charge in [0.25, 0.3) is 14.6 Å². The maximum Gasteiger partial charge on any atom is 0.261 e. The molecule has 0 fully saturated rings. The number of nitrogens with zero attached hydrogens (tertiary/aromatic N) is 2. The van der Waals surface area contributed by atoms with Crippen LogP contribution in [0.1, 0.15) is 5.82 Å². The van der Waals surface area contributed by atoms with E-state index >= 15 is 0 Å². The first kappa shape index (κ1) is 12.1. The number of fused-ring (bicyclic) bond motifs is 1. The lowest BCUT2D eigenvalue weighted by atomic mass is 10.2. The third-order valence-corrected chi connectivity index (χ3v) is 3.90. The number of benzene rings is 1. The molecule has 0 atom stereocenters. The van der Waals surface area contributed by atoms with Gasteiger partial charge < -0.3 is 0 Å². The van der Waals surface area contributed by atoms with Crippen LogP contribution in [-0.2, 0) is 16.1 Å². The fraction of sp³-hybridized carbons (Fsp3) is 0.200. The van der Waals surface area contributed by atoms with Crippen LogP contribution in [0.15, 0.2) is 27.9 Å². The molecular weight excluding hydrogens is 264 g/mol. The molecule has 0 radical (unpaired) electrons. The molecular formula is C10H9ClN2O3S. The summed E-state index contributed by atoms with van der Waals surface area (Å²) in [7, 11) is 2.96. The van der Waals surface area contributed by atoms with E-state index in [1.807, 2.05) is 0 Å². The molecule has 5 nitrogen and oxygen atoms in total. The highest BCUT2D eigenvalue weighted by molar-refractivity contribution is 8.13. The lowest BCUT2D eigenvalue weighted by molar-refractivity contribution is 0.609. The Bertz CT molecular complexity index is 765. The third-order valence-electron chi connectivity index (χ3n) is 2.55. The Labute approximate surface area is 102 Å². The van der Waals surface area contributed by atoms with Crippen LogP contribution in [-0.4, -0.2) is 18.0 Å². The zero-order valence-electron chi connectivity index (χ0n) is 9.14. The van der Waals surface area contributed by atoms with Gasteiger partial charge >= 0.3 is 0 Å². The molecule has 0 aliphatic rings. The highest BCUT2D eigenvalue weighted by Gasteiger charge is 2.13. The quantitative estimate of drug-likeness (QED) is 0.731. The number of hydrogen-bond acceptors (Lipinski definition) is 4. The Kier molecular flexibility index (Phi) is 2.71. The molecule has 0 saturated heterocycles. The van der Waals surface area contributed by atoms with Gasteiger partial charge in [0.2, 0.25) is 0 Å². The first-order valence-electron chi connectivity index (χ1n) is 4.73. The summed E-state index contributed by atoms with van der Waals surface area (Å²) in [5.74, 6) is 0.559. The Hall–Kier alpha value is -1.40. The van der Waals surface area contributed by atoms with Gasteiger partial charge in [-0.15, -0.1) is 0 Å². The first-order valence-corrected chi connectivity index (χ1v) is 7.03. The van der Waals surface area contributed by atoms with Crippen molar-refractivity contribution in [1.82, 2.24) is 9.55 Å². The van der Waals surface area contributed by atoms with E-state index < -0.39 is 9.05 Å². The normalized spacial score (nSPS) is 11.9. The van der Waals surface area contributed by atoms with Gasteiger partial charge in [-0.2, -0.15) is 0 Å². The van der Waals surface area contributed by atoms with Crippen molar-refractivity contribution in [2.24, 2.45) is 7.05 Å². The van der Waals surface area contributed by atoms with E-state index in [0.29, 0.717) is 11.3 Å². The second-order valence-electron chi connectivity index (χ2n) is 3.64. The molecule has 0 bridgehead atoms. The van der Waals surface area contributed by atoms with Gasteiger partial charge in [0.1, 0.15) is 5.82 Å². The predicted molar refractivity (Wildman–Crippen MR) is 64.8 cm³/mol. The van der Waals surface area contributed by atoms with E-state index in [1.54, 1.807) is 14.0 Å². The summed E-state index contributed by atoms with van der Waals surface area (Å²) in [5, 5.41) is 0.236. The largest absolute Gasteiger partial charge is 0.299 e. The average Bonchev–Trinajstić information content (AvgIpc) is 2.24. The van der Waals surface area contributed by atoms with Gasteiger partial charge in [-0.1, -0.05) is 0 Å². The van der Waals surface area contributed by atoms with Crippen molar-refractivity contribution in [2.75, 3.05) is 0 Å². The van der Waals surface area contributed by atoms with Crippen molar-refractivity contribution in [3.8, 4) is 0 Å². The van der Waals surface area contributed by atoms with Crippen molar-refractivity contribution >= 4 is 30.6 Å². The minimum absolute atomic E-state index is 0.102. The molecule has 2 aromatic rings.